The highest BCUT2D eigenvalue weighted by molar-refractivity contribution is 8.74. The lowest BCUT2D eigenvalue weighted by atomic mass is 10.3. The monoisotopic (exact) mass is 327 g/mol. The van der Waals surface area contributed by atoms with Gasteiger partial charge in [-0.3, -0.25) is 0 Å². The van der Waals surface area contributed by atoms with Gasteiger partial charge in [-0.2, -0.15) is 0 Å². The summed E-state index contributed by atoms with van der Waals surface area (Å²) in [5.41, 5.74) is 1.04. The molecule has 1 heterocycles. The number of benzene rings is 2. The zero-order valence-corrected chi connectivity index (χ0v) is 13.4. The Morgan fingerprint density at radius 2 is 1.95 bits per heavy atom. The van der Waals surface area contributed by atoms with Crippen molar-refractivity contribution in [3.8, 4) is 5.75 Å². The summed E-state index contributed by atoms with van der Waals surface area (Å²) in [6.45, 7) is 0. The number of fused-ring (bicyclic) bond motifs is 1. The minimum absolute atomic E-state index is 0.727. The van der Waals surface area contributed by atoms with E-state index in [9.17, 15) is 0 Å². The molecular weight excluding hydrogens is 317 g/mol. The SMILES string of the molecule is COc1ccc(P2(=S)Nc3cc(Cl)ccc3S2)cc1. The third-order valence-corrected chi connectivity index (χ3v) is 9.25. The molecule has 2 aromatic rings. The second-order valence-corrected chi connectivity index (χ2v) is 11.5. The minimum Gasteiger partial charge on any atom is -0.497 e. The van der Waals surface area contributed by atoms with Gasteiger partial charge < -0.3 is 9.82 Å². The molecule has 19 heavy (non-hydrogen) atoms. The van der Waals surface area contributed by atoms with Crippen LogP contribution in [0.5, 0.6) is 5.75 Å². The first-order valence-corrected chi connectivity index (χ1v) is 10.2. The molecule has 2 nitrogen and oxygen atoms in total. The lowest BCUT2D eigenvalue weighted by Gasteiger charge is -2.16. The van der Waals surface area contributed by atoms with Gasteiger partial charge >= 0.3 is 0 Å². The molecular formula is C13H11ClNOPS2. The van der Waals surface area contributed by atoms with Gasteiger partial charge in [-0.25, -0.2) is 0 Å². The molecule has 1 atom stereocenters. The zero-order chi connectivity index (χ0) is 13.5. The molecule has 1 unspecified atom stereocenters. The lowest BCUT2D eigenvalue weighted by Crippen LogP contribution is -2.05. The van der Waals surface area contributed by atoms with Gasteiger partial charge in [-0.15, -0.1) is 0 Å². The number of halogens is 1. The van der Waals surface area contributed by atoms with Crippen LogP contribution in [0.2, 0.25) is 5.02 Å². The van der Waals surface area contributed by atoms with Crippen LogP contribution in [0.1, 0.15) is 0 Å². The van der Waals surface area contributed by atoms with Crippen molar-refractivity contribution in [2.24, 2.45) is 0 Å². The maximum absolute atomic E-state index is 6.01. The summed E-state index contributed by atoms with van der Waals surface area (Å²) in [6, 6.07) is 13.8. The lowest BCUT2D eigenvalue weighted by molar-refractivity contribution is 0.415. The van der Waals surface area contributed by atoms with Crippen molar-refractivity contribution in [2.45, 2.75) is 4.90 Å². The molecule has 2 aromatic carbocycles. The first-order chi connectivity index (χ1) is 9.10. The predicted molar refractivity (Wildman–Crippen MR) is 87.8 cm³/mol. The van der Waals surface area contributed by atoms with E-state index in [1.54, 1.807) is 18.5 Å². The van der Waals surface area contributed by atoms with Gasteiger partial charge in [-0.05, 0) is 42.5 Å². The smallest absolute Gasteiger partial charge is 0.120 e. The number of ether oxygens (including phenoxy) is 1. The van der Waals surface area contributed by atoms with Crippen LogP contribution in [0, 0.1) is 0 Å². The molecule has 0 spiro atoms. The highest BCUT2D eigenvalue weighted by Crippen LogP contribution is 2.67. The van der Waals surface area contributed by atoms with Crippen molar-refractivity contribution in [1.29, 1.82) is 0 Å². The fraction of sp³-hybridized carbons (Fsp3) is 0.0769. The van der Waals surface area contributed by atoms with Crippen molar-refractivity contribution < 1.29 is 4.74 Å². The molecule has 0 aromatic heterocycles. The van der Waals surface area contributed by atoms with E-state index in [0.717, 1.165) is 21.8 Å². The largest absolute Gasteiger partial charge is 0.497 e. The molecule has 0 saturated carbocycles. The van der Waals surface area contributed by atoms with E-state index >= 15 is 0 Å². The summed E-state index contributed by atoms with van der Waals surface area (Å²) in [6.07, 6.45) is 0. The standard InChI is InChI=1S/C13H11ClNOPS2/c1-16-10-3-5-11(6-4-10)17(18)15-12-8-9(14)2-7-13(12)19-17/h2-8H,1H3,(H,15,18). The van der Waals surface area contributed by atoms with Crippen LogP contribution in [-0.4, -0.2) is 7.11 Å². The molecule has 1 aliphatic heterocycles. The van der Waals surface area contributed by atoms with Crippen molar-refractivity contribution in [2.75, 3.05) is 12.2 Å². The van der Waals surface area contributed by atoms with E-state index in [0.29, 0.717) is 0 Å². The Balaban J connectivity index is 1.96. The van der Waals surface area contributed by atoms with Gasteiger partial charge in [0.2, 0.25) is 0 Å². The Bertz CT molecular complexity index is 675. The molecule has 6 heteroatoms. The summed E-state index contributed by atoms with van der Waals surface area (Å²) in [5.74, 6) is 0.843. The van der Waals surface area contributed by atoms with Crippen molar-refractivity contribution in [1.82, 2.24) is 0 Å². The number of hydrogen-bond acceptors (Lipinski definition) is 3. The Morgan fingerprint density at radius 3 is 2.63 bits per heavy atom. The maximum Gasteiger partial charge on any atom is 0.120 e. The number of nitrogens with one attached hydrogen (secondary N) is 1. The summed E-state index contributed by atoms with van der Waals surface area (Å²) in [7, 11) is 1.66. The second-order valence-electron chi connectivity index (χ2n) is 4.09. The fourth-order valence-corrected chi connectivity index (χ4v) is 7.88. The van der Waals surface area contributed by atoms with Gasteiger partial charge in [0.15, 0.2) is 0 Å². The third-order valence-electron chi connectivity index (χ3n) is 2.85. The van der Waals surface area contributed by atoms with Gasteiger partial charge in [-0.1, -0.05) is 34.8 Å². The Labute approximate surface area is 126 Å². The first-order valence-electron chi connectivity index (χ1n) is 5.63. The first kappa shape index (κ1) is 13.3. The molecule has 0 bridgehead atoms. The quantitative estimate of drug-likeness (QED) is 0.819. The summed E-state index contributed by atoms with van der Waals surface area (Å²) < 4.78 is 5.18. The average Bonchev–Trinajstić information content (AvgIpc) is 2.75. The summed E-state index contributed by atoms with van der Waals surface area (Å²) in [4.78, 5) is 1.17. The molecule has 0 radical (unpaired) electrons. The predicted octanol–water partition coefficient (Wildman–Crippen LogP) is 4.50. The van der Waals surface area contributed by atoms with Crippen LogP contribution in [-0.2, 0) is 11.8 Å². The number of hydrogen-bond donors (Lipinski definition) is 1. The second kappa shape index (κ2) is 5.02. The Kier molecular flexibility index (Phi) is 3.52. The minimum atomic E-state index is -1.87. The molecule has 0 amide bonds. The van der Waals surface area contributed by atoms with Crippen LogP contribution in [0.4, 0.5) is 5.69 Å². The Hall–Kier alpha value is -0.670. The molecule has 1 aliphatic rings. The fourth-order valence-electron chi connectivity index (χ4n) is 1.88. The van der Waals surface area contributed by atoms with Crippen LogP contribution in [0.25, 0.3) is 0 Å². The number of rotatable bonds is 2. The van der Waals surface area contributed by atoms with Crippen LogP contribution in [0.3, 0.4) is 0 Å². The molecule has 0 saturated heterocycles. The van der Waals surface area contributed by atoms with Crippen molar-refractivity contribution in [3.05, 3.63) is 47.5 Å². The highest BCUT2D eigenvalue weighted by atomic mass is 35.5. The highest BCUT2D eigenvalue weighted by Gasteiger charge is 2.29. The molecule has 0 aliphatic carbocycles. The van der Waals surface area contributed by atoms with Gasteiger partial charge in [0.05, 0.1) is 12.8 Å². The molecule has 3 rings (SSSR count). The van der Waals surface area contributed by atoms with E-state index in [1.807, 2.05) is 42.5 Å². The Morgan fingerprint density at radius 1 is 1.21 bits per heavy atom. The summed E-state index contributed by atoms with van der Waals surface area (Å²) in [5, 5.41) is 3.47. The van der Waals surface area contributed by atoms with Gasteiger partial charge in [0.25, 0.3) is 0 Å². The van der Waals surface area contributed by atoms with Crippen LogP contribution in [0.15, 0.2) is 47.4 Å². The number of anilines is 1. The molecule has 98 valence electrons. The van der Waals surface area contributed by atoms with Crippen molar-refractivity contribution >= 4 is 51.2 Å². The normalized spacial score (nSPS) is 20.7. The van der Waals surface area contributed by atoms with E-state index in [2.05, 4.69) is 5.09 Å². The van der Waals surface area contributed by atoms with Crippen LogP contribution >= 0.6 is 28.4 Å². The zero-order valence-electron chi connectivity index (χ0n) is 10.1. The summed E-state index contributed by atoms with van der Waals surface area (Å²) >= 11 is 13.6. The van der Waals surface area contributed by atoms with Gasteiger partial charge in [0, 0.05) is 15.2 Å². The van der Waals surface area contributed by atoms with Gasteiger partial charge in [0.1, 0.15) is 11.1 Å². The van der Waals surface area contributed by atoms with Crippen LogP contribution < -0.4 is 15.1 Å². The number of methoxy groups -OCH3 is 1. The molecule has 1 N–H and O–H groups in total. The van der Waals surface area contributed by atoms with E-state index in [1.165, 1.54) is 4.90 Å². The van der Waals surface area contributed by atoms with E-state index in [-0.39, 0.29) is 0 Å². The maximum atomic E-state index is 6.01. The van der Waals surface area contributed by atoms with E-state index < -0.39 is 5.39 Å². The van der Waals surface area contributed by atoms with Crippen molar-refractivity contribution in [3.63, 3.8) is 0 Å². The van der Waals surface area contributed by atoms with E-state index in [4.69, 9.17) is 28.1 Å². The average molecular weight is 328 g/mol. The molecule has 0 fully saturated rings. The third kappa shape index (κ3) is 2.50. The topological polar surface area (TPSA) is 21.3 Å².